The van der Waals surface area contributed by atoms with Gasteiger partial charge in [0, 0.05) is 32.9 Å². The van der Waals surface area contributed by atoms with Gasteiger partial charge in [0.15, 0.2) is 0 Å². The number of nitrogens with zero attached hydrogens (tertiary/aromatic N) is 4. The zero-order chi connectivity index (χ0) is 30.2. The molecule has 0 spiro atoms. The Morgan fingerprint density at radius 3 is 1.84 bits per heavy atom. The lowest BCUT2D eigenvalue weighted by atomic mass is 10.1. The second-order valence-corrected chi connectivity index (χ2v) is 11.2. The third-order valence-corrected chi connectivity index (χ3v) is 8.88. The quantitative estimate of drug-likeness (QED) is 0.197. The average Bonchev–Trinajstić information content (AvgIpc) is 3.70. The van der Waals surface area contributed by atoms with Crippen molar-refractivity contribution >= 4 is 61.1 Å². The van der Waals surface area contributed by atoms with E-state index in [4.69, 9.17) is 0 Å². The molecule has 9 rings (SSSR count). The molecule has 1 aliphatic rings. The highest BCUT2D eigenvalue weighted by molar-refractivity contribution is 6.35. The number of amides is 2. The lowest BCUT2D eigenvalue weighted by Crippen LogP contribution is -2.30. The van der Waals surface area contributed by atoms with Gasteiger partial charge in [0.05, 0.1) is 44.4 Å². The van der Waals surface area contributed by atoms with Gasteiger partial charge < -0.3 is 9.13 Å². The molecule has 45 heavy (non-hydrogen) atoms. The number of carbonyl (C=O) groups excluding carboxylic acids is 2. The van der Waals surface area contributed by atoms with Crippen LogP contribution in [0.1, 0.15) is 26.3 Å². The fourth-order valence-electron chi connectivity index (χ4n) is 6.98. The summed E-state index contributed by atoms with van der Waals surface area (Å²) in [6.45, 7) is 0. The second-order valence-electron chi connectivity index (χ2n) is 11.2. The van der Waals surface area contributed by atoms with Crippen molar-refractivity contribution in [3.63, 3.8) is 0 Å². The molecule has 6 heteroatoms. The van der Waals surface area contributed by atoms with E-state index in [2.05, 4.69) is 75.9 Å². The van der Waals surface area contributed by atoms with Gasteiger partial charge >= 0.3 is 0 Å². The van der Waals surface area contributed by atoms with Crippen LogP contribution in [0.4, 0.5) is 5.69 Å². The van der Waals surface area contributed by atoms with E-state index in [0.717, 1.165) is 59.9 Å². The first kappa shape index (κ1) is 25.1. The minimum absolute atomic E-state index is 0.250. The highest BCUT2D eigenvalue weighted by Gasteiger charge is 2.37. The van der Waals surface area contributed by atoms with E-state index in [1.165, 1.54) is 0 Å². The maximum Gasteiger partial charge on any atom is 0.266 e. The smallest absolute Gasteiger partial charge is 0.266 e. The Morgan fingerprint density at radius 1 is 0.511 bits per heavy atom. The molecule has 3 heterocycles. The molecule has 2 aromatic heterocycles. The molecule has 6 aromatic carbocycles. The summed E-state index contributed by atoms with van der Waals surface area (Å²) in [7, 11) is 0. The first-order chi connectivity index (χ1) is 22.2. The van der Waals surface area contributed by atoms with Gasteiger partial charge in [0.25, 0.3) is 11.8 Å². The first-order valence-corrected chi connectivity index (χ1v) is 14.7. The van der Waals surface area contributed by atoms with Gasteiger partial charge in [-0.25, -0.2) is 4.90 Å². The van der Waals surface area contributed by atoms with Crippen molar-refractivity contribution in [1.82, 2.24) is 9.13 Å². The number of benzene rings is 6. The van der Waals surface area contributed by atoms with Gasteiger partial charge in [-0.15, -0.1) is 0 Å². The Bertz CT molecular complexity index is 2570. The predicted molar refractivity (Wildman–Crippen MR) is 177 cm³/mol. The Balaban J connectivity index is 1.39. The van der Waals surface area contributed by atoms with Crippen LogP contribution >= 0.6 is 0 Å². The number of hydrogen-bond acceptors (Lipinski definition) is 3. The molecule has 0 bridgehead atoms. The predicted octanol–water partition coefficient (Wildman–Crippen LogP) is 8.55. The van der Waals surface area contributed by atoms with Crippen molar-refractivity contribution in [3.8, 4) is 17.4 Å². The van der Waals surface area contributed by atoms with Crippen molar-refractivity contribution in [1.29, 1.82) is 5.26 Å². The summed E-state index contributed by atoms with van der Waals surface area (Å²) in [6.07, 6.45) is 0. The summed E-state index contributed by atoms with van der Waals surface area (Å²) in [6, 6.07) is 45.7. The molecule has 2 amide bonds. The maximum atomic E-state index is 13.5. The Hall–Kier alpha value is -6.45. The topological polar surface area (TPSA) is 71.0 Å². The zero-order valence-electron chi connectivity index (χ0n) is 23.8. The number of nitriles is 1. The third-order valence-electron chi connectivity index (χ3n) is 8.88. The molecule has 210 valence electrons. The highest BCUT2D eigenvalue weighted by Crippen LogP contribution is 2.42. The van der Waals surface area contributed by atoms with Gasteiger partial charge in [0.1, 0.15) is 6.07 Å². The number of fused-ring (bicyclic) bond motifs is 8. The van der Waals surface area contributed by atoms with Gasteiger partial charge in [-0.05, 0) is 60.7 Å². The number of carbonyl (C=O) groups is 2. The number of anilines is 1. The van der Waals surface area contributed by atoms with Crippen molar-refractivity contribution in [3.05, 3.63) is 150 Å². The monoisotopic (exact) mass is 578 g/mol. The van der Waals surface area contributed by atoms with Crippen LogP contribution in [-0.2, 0) is 0 Å². The van der Waals surface area contributed by atoms with E-state index in [9.17, 15) is 14.9 Å². The summed E-state index contributed by atoms with van der Waals surface area (Å²) in [5.74, 6) is -0.861. The fraction of sp³-hybridized carbons (Fsp3) is 0. The zero-order valence-corrected chi connectivity index (χ0v) is 23.8. The van der Waals surface area contributed by atoms with Gasteiger partial charge in [-0.1, -0.05) is 72.8 Å². The maximum absolute atomic E-state index is 13.5. The average molecular weight is 579 g/mol. The van der Waals surface area contributed by atoms with Gasteiger partial charge in [-0.3, -0.25) is 9.59 Å². The SMILES string of the molecule is N#Cc1ccc(-n2c3ccccc3c3ccc4c(c5ccccc5n4-c4ccccc4)c32)cc1N1C(=O)c2ccccc2C1=O. The van der Waals surface area contributed by atoms with Crippen LogP contribution < -0.4 is 4.90 Å². The van der Waals surface area contributed by atoms with Crippen LogP contribution in [0.15, 0.2) is 133 Å². The number of aromatic nitrogens is 2. The molecule has 0 fully saturated rings. The minimum atomic E-state index is -0.431. The Kier molecular flexibility index (Phi) is 5.17. The molecule has 0 saturated heterocycles. The molecular formula is C39H22N4O2. The molecule has 0 radical (unpaired) electrons. The van der Waals surface area contributed by atoms with E-state index in [-0.39, 0.29) is 11.3 Å². The van der Waals surface area contributed by atoms with Crippen LogP contribution in [0.5, 0.6) is 0 Å². The standard InChI is InChI=1S/C39H22N4O2/c40-23-24-18-19-26(22-35(24)43-38(44)29-13-4-5-14-30(29)39(43)45)42-32-16-8-6-12-27(32)28-20-21-34-36(37(28)42)31-15-7-9-17-33(31)41(34)25-10-2-1-3-11-25/h1-22H. The molecule has 0 N–H and O–H groups in total. The molecular weight excluding hydrogens is 556 g/mol. The number of hydrogen-bond donors (Lipinski definition) is 0. The molecule has 0 atom stereocenters. The van der Waals surface area contributed by atoms with Gasteiger partial charge in [0.2, 0.25) is 0 Å². The van der Waals surface area contributed by atoms with Crippen LogP contribution in [0.3, 0.4) is 0 Å². The summed E-state index contributed by atoms with van der Waals surface area (Å²) in [4.78, 5) is 28.2. The molecule has 6 nitrogen and oxygen atoms in total. The van der Waals surface area contributed by atoms with E-state index in [1.54, 1.807) is 36.4 Å². The molecule has 1 aliphatic heterocycles. The number of para-hydroxylation sites is 3. The van der Waals surface area contributed by atoms with E-state index < -0.39 is 11.8 Å². The number of rotatable bonds is 3. The summed E-state index contributed by atoms with van der Waals surface area (Å²) < 4.78 is 4.48. The van der Waals surface area contributed by atoms with Crippen LogP contribution in [0.2, 0.25) is 0 Å². The minimum Gasteiger partial charge on any atom is -0.309 e. The van der Waals surface area contributed by atoms with E-state index >= 15 is 0 Å². The van der Waals surface area contributed by atoms with Crippen molar-refractivity contribution in [2.24, 2.45) is 0 Å². The summed E-state index contributed by atoms with van der Waals surface area (Å²) in [5.41, 5.74) is 7.15. The van der Waals surface area contributed by atoms with Crippen LogP contribution in [-0.4, -0.2) is 20.9 Å². The van der Waals surface area contributed by atoms with Gasteiger partial charge in [-0.2, -0.15) is 5.26 Å². The van der Waals surface area contributed by atoms with Crippen molar-refractivity contribution in [2.75, 3.05) is 4.90 Å². The molecule has 0 unspecified atom stereocenters. The Labute approximate surface area is 257 Å². The molecule has 8 aromatic rings. The van der Waals surface area contributed by atoms with E-state index in [0.29, 0.717) is 11.1 Å². The third kappa shape index (κ3) is 3.38. The van der Waals surface area contributed by atoms with Crippen molar-refractivity contribution in [2.45, 2.75) is 0 Å². The van der Waals surface area contributed by atoms with Crippen molar-refractivity contribution < 1.29 is 9.59 Å². The lowest BCUT2D eigenvalue weighted by Gasteiger charge is -2.18. The lowest BCUT2D eigenvalue weighted by molar-refractivity contribution is 0.0926. The summed E-state index contributed by atoms with van der Waals surface area (Å²) >= 11 is 0. The normalized spacial score (nSPS) is 12.9. The second kappa shape index (κ2) is 9.27. The molecule has 0 aliphatic carbocycles. The largest absolute Gasteiger partial charge is 0.309 e. The number of imide groups is 1. The fourth-order valence-corrected chi connectivity index (χ4v) is 6.98. The summed E-state index contributed by atoms with van der Waals surface area (Å²) in [5, 5.41) is 14.5. The Morgan fingerprint density at radius 2 is 1.13 bits per heavy atom. The van der Waals surface area contributed by atoms with Crippen LogP contribution in [0, 0.1) is 11.3 Å². The molecule has 0 saturated carbocycles. The first-order valence-electron chi connectivity index (χ1n) is 14.7. The van der Waals surface area contributed by atoms with Crippen LogP contribution in [0.25, 0.3) is 55.0 Å². The highest BCUT2D eigenvalue weighted by atomic mass is 16.2. The van der Waals surface area contributed by atoms with E-state index in [1.807, 2.05) is 36.4 Å².